The fraction of sp³-hybridized carbons (Fsp3) is 0.542. The minimum Gasteiger partial charge on any atom is -0.463 e. The Kier molecular flexibility index (Phi) is 8.49. The monoisotopic (exact) mass is 475 g/mol. The van der Waals surface area contributed by atoms with Gasteiger partial charge in [0.1, 0.15) is 5.82 Å². The molecule has 2 N–H and O–H groups in total. The van der Waals surface area contributed by atoms with E-state index in [0.717, 1.165) is 0 Å². The van der Waals surface area contributed by atoms with Crippen molar-refractivity contribution in [2.45, 2.75) is 39.8 Å². The van der Waals surface area contributed by atoms with Crippen molar-refractivity contribution in [3.05, 3.63) is 46.9 Å². The number of rotatable bonds is 7. The van der Waals surface area contributed by atoms with Gasteiger partial charge in [0.05, 0.1) is 18.2 Å². The van der Waals surface area contributed by atoms with Crippen LogP contribution in [0.25, 0.3) is 0 Å². The van der Waals surface area contributed by atoms with Crippen molar-refractivity contribution in [3.8, 4) is 0 Å². The summed E-state index contributed by atoms with van der Waals surface area (Å²) in [5.74, 6) is -0.995. The van der Waals surface area contributed by atoms with E-state index in [2.05, 4.69) is 15.5 Å². The largest absolute Gasteiger partial charge is 0.463 e. The molecule has 0 saturated carbocycles. The van der Waals surface area contributed by atoms with Gasteiger partial charge in [0.2, 0.25) is 0 Å². The number of ether oxygens (including phenoxy) is 1. The van der Waals surface area contributed by atoms with Crippen LogP contribution in [0.15, 0.2) is 35.5 Å². The lowest BCUT2D eigenvalue weighted by atomic mass is 9.94. The third kappa shape index (κ3) is 5.85. The van der Waals surface area contributed by atoms with Crippen LogP contribution in [0.1, 0.15) is 39.3 Å². The Morgan fingerprint density at radius 1 is 1.21 bits per heavy atom. The number of hydrogen-bond donors (Lipinski definition) is 2. The molecule has 1 saturated heterocycles. The first-order valence-corrected chi connectivity index (χ1v) is 11.8. The third-order valence-corrected chi connectivity index (χ3v) is 5.88. The molecule has 1 aromatic rings. The average Bonchev–Trinajstić information content (AvgIpc) is 2.79. The number of nitrogens with one attached hydrogen (secondary N) is 2. The Morgan fingerprint density at radius 2 is 1.91 bits per heavy atom. The summed E-state index contributed by atoms with van der Waals surface area (Å²) in [4.78, 5) is 43.8. The van der Waals surface area contributed by atoms with Crippen molar-refractivity contribution in [1.82, 2.24) is 25.3 Å². The molecule has 0 aliphatic carbocycles. The molecule has 0 radical (unpaired) electrons. The number of carbonyl (C=O) groups is 3. The lowest BCUT2D eigenvalue weighted by molar-refractivity contribution is -0.139. The summed E-state index contributed by atoms with van der Waals surface area (Å²) in [6, 6.07) is 4.64. The lowest BCUT2D eigenvalue weighted by Gasteiger charge is -2.40. The van der Waals surface area contributed by atoms with E-state index in [4.69, 9.17) is 4.74 Å². The lowest BCUT2D eigenvalue weighted by Crippen LogP contribution is -2.55. The molecular formula is C24H34FN5O4. The topological polar surface area (TPSA) is 94.2 Å². The quantitative estimate of drug-likeness (QED) is 0.591. The molecule has 1 aromatic carbocycles. The summed E-state index contributed by atoms with van der Waals surface area (Å²) in [7, 11) is 0. The minimum atomic E-state index is -0.821. The first-order valence-electron chi connectivity index (χ1n) is 11.8. The standard InChI is InChI=1S/C24H34FN5O4/c1-5-30-19(15-28-10-12-29(13-11-28)23(32)26-16(3)4)20(22(31)34-6-2)21(27-24(30)33)17-8-7-9-18(25)14-17/h7-9,14,16,21H,5-6,10-13,15H2,1-4H3,(H,26,32)(H,27,33)/t21-/m0/s1. The van der Waals surface area contributed by atoms with E-state index in [-0.39, 0.29) is 24.7 Å². The Labute approximate surface area is 199 Å². The molecule has 9 nitrogen and oxygen atoms in total. The van der Waals surface area contributed by atoms with E-state index in [1.807, 2.05) is 20.8 Å². The number of halogens is 1. The van der Waals surface area contributed by atoms with Gasteiger partial charge < -0.3 is 20.3 Å². The van der Waals surface area contributed by atoms with Crippen molar-refractivity contribution < 1.29 is 23.5 Å². The molecule has 3 rings (SSSR count). The zero-order valence-electron chi connectivity index (χ0n) is 20.3. The molecule has 2 aliphatic heterocycles. The van der Waals surface area contributed by atoms with Gasteiger partial charge >= 0.3 is 18.0 Å². The highest BCUT2D eigenvalue weighted by Gasteiger charge is 2.38. The first kappa shape index (κ1) is 25.5. The van der Waals surface area contributed by atoms with Crippen molar-refractivity contribution in [3.63, 3.8) is 0 Å². The van der Waals surface area contributed by atoms with Crippen molar-refractivity contribution >= 4 is 18.0 Å². The maximum absolute atomic E-state index is 14.0. The van der Waals surface area contributed by atoms with Gasteiger partial charge in [-0.15, -0.1) is 0 Å². The zero-order chi connectivity index (χ0) is 24.8. The van der Waals surface area contributed by atoms with E-state index in [9.17, 15) is 18.8 Å². The molecule has 0 spiro atoms. The second-order valence-electron chi connectivity index (χ2n) is 8.63. The first-order chi connectivity index (χ1) is 16.2. The highest BCUT2D eigenvalue weighted by Crippen LogP contribution is 2.32. The highest BCUT2D eigenvalue weighted by atomic mass is 19.1. The summed E-state index contributed by atoms with van der Waals surface area (Å²) in [6.45, 7) is 10.5. The maximum atomic E-state index is 14.0. The van der Waals surface area contributed by atoms with Crippen LogP contribution in [0, 0.1) is 5.82 Å². The molecule has 0 unspecified atom stereocenters. The van der Waals surface area contributed by atoms with E-state index in [0.29, 0.717) is 56.1 Å². The number of amides is 4. The molecule has 186 valence electrons. The normalized spacial score (nSPS) is 19.4. The smallest absolute Gasteiger partial charge is 0.338 e. The summed E-state index contributed by atoms with van der Waals surface area (Å²) >= 11 is 0. The van der Waals surface area contributed by atoms with Gasteiger partial charge in [-0.2, -0.15) is 0 Å². The molecule has 1 atom stereocenters. The van der Waals surface area contributed by atoms with Crippen molar-refractivity contribution in [2.24, 2.45) is 0 Å². The fourth-order valence-corrected chi connectivity index (χ4v) is 4.25. The minimum absolute atomic E-state index is 0.0569. The van der Waals surface area contributed by atoms with Crippen LogP contribution >= 0.6 is 0 Å². The second-order valence-corrected chi connectivity index (χ2v) is 8.63. The maximum Gasteiger partial charge on any atom is 0.338 e. The van der Waals surface area contributed by atoms with Gasteiger partial charge in [0, 0.05) is 51.0 Å². The molecule has 34 heavy (non-hydrogen) atoms. The number of benzene rings is 1. The zero-order valence-corrected chi connectivity index (χ0v) is 20.3. The van der Waals surface area contributed by atoms with E-state index >= 15 is 0 Å². The molecular weight excluding hydrogens is 441 g/mol. The number of carbonyl (C=O) groups excluding carboxylic acids is 3. The Balaban J connectivity index is 1.91. The number of likely N-dealkylation sites (N-methyl/N-ethyl adjacent to an activating group) is 1. The number of nitrogens with zero attached hydrogens (tertiary/aromatic N) is 3. The number of piperazine rings is 1. The fourth-order valence-electron chi connectivity index (χ4n) is 4.25. The SMILES string of the molecule is CCOC(=O)C1=C(CN2CCN(C(=O)NC(C)C)CC2)N(CC)C(=O)N[C@H]1c1cccc(F)c1. The van der Waals surface area contributed by atoms with E-state index in [1.165, 1.54) is 17.0 Å². The molecule has 0 aromatic heterocycles. The summed E-state index contributed by atoms with van der Waals surface area (Å²) in [5.41, 5.74) is 1.31. The van der Waals surface area contributed by atoms with Crippen LogP contribution in [0.5, 0.6) is 0 Å². The highest BCUT2D eigenvalue weighted by molar-refractivity contribution is 5.95. The van der Waals surface area contributed by atoms with Crippen LogP contribution in [0.2, 0.25) is 0 Å². The number of hydrogen-bond acceptors (Lipinski definition) is 5. The Morgan fingerprint density at radius 3 is 2.50 bits per heavy atom. The molecule has 0 bridgehead atoms. The van der Waals surface area contributed by atoms with Crippen LogP contribution in [0.4, 0.5) is 14.0 Å². The van der Waals surface area contributed by atoms with Crippen LogP contribution in [-0.4, -0.2) is 84.6 Å². The molecule has 2 aliphatic rings. The molecule has 4 amide bonds. The van der Waals surface area contributed by atoms with Crippen molar-refractivity contribution in [2.75, 3.05) is 45.9 Å². The summed E-state index contributed by atoms with van der Waals surface area (Å²) < 4.78 is 19.3. The van der Waals surface area contributed by atoms with Gasteiger partial charge in [-0.3, -0.25) is 9.80 Å². The molecule has 1 fully saturated rings. The predicted molar refractivity (Wildman–Crippen MR) is 125 cm³/mol. The van der Waals surface area contributed by atoms with Gasteiger partial charge in [0.15, 0.2) is 0 Å². The Hall–Kier alpha value is -3.14. The molecule has 10 heteroatoms. The van der Waals surface area contributed by atoms with Gasteiger partial charge in [-0.25, -0.2) is 18.8 Å². The van der Waals surface area contributed by atoms with Crippen LogP contribution in [-0.2, 0) is 9.53 Å². The number of esters is 1. The van der Waals surface area contributed by atoms with Gasteiger partial charge in [-0.05, 0) is 45.4 Å². The van der Waals surface area contributed by atoms with Gasteiger partial charge in [0.25, 0.3) is 0 Å². The Bertz CT molecular complexity index is 943. The average molecular weight is 476 g/mol. The predicted octanol–water partition coefficient (Wildman–Crippen LogP) is 2.46. The summed E-state index contributed by atoms with van der Waals surface area (Å²) in [5, 5.41) is 5.74. The number of urea groups is 2. The van der Waals surface area contributed by atoms with Crippen molar-refractivity contribution in [1.29, 1.82) is 0 Å². The van der Waals surface area contributed by atoms with E-state index < -0.39 is 17.8 Å². The van der Waals surface area contributed by atoms with E-state index in [1.54, 1.807) is 24.0 Å². The summed E-state index contributed by atoms with van der Waals surface area (Å²) in [6.07, 6.45) is 0. The van der Waals surface area contributed by atoms with Crippen LogP contribution < -0.4 is 10.6 Å². The molecule has 2 heterocycles. The van der Waals surface area contributed by atoms with Crippen LogP contribution in [0.3, 0.4) is 0 Å². The third-order valence-electron chi connectivity index (χ3n) is 5.88. The van der Waals surface area contributed by atoms with Gasteiger partial charge in [-0.1, -0.05) is 12.1 Å². The second kappa shape index (κ2) is 11.3.